The van der Waals surface area contributed by atoms with E-state index in [0.29, 0.717) is 62.7 Å². The van der Waals surface area contributed by atoms with Gasteiger partial charge in [-0.15, -0.1) is 24.8 Å². The van der Waals surface area contributed by atoms with Crippen LogP contribution in [-0.4, -0.2) is 79.9 Å². The van der Waals surface area contributed by atoms with Gasteiger partial charge in [-0.2, -0.15) is 0 Å². The first-order chi connectivity index (χ1) is 13.7. The summed E-state index contributed by atoms with van der Waals surface area (Å²) >= 11 is 0. The number of methoxy groups -OCH3 is 1. The van der Waals surface area contributed by atoms with E-state index in [1.54, 1.807) is 13.2 Å². The van der Waals surface area contributed by atoms with E-state index in [1.807, 2.05) is 18.2 Å². The SMILES string of the molecule is COCCNCCNC(=O)C1CN(Cc2nc3ccccc3c(=O)[nH]2)CCO1.Cl.Cl. The van der Waals surface area contributed by atoms with Crippen LogP contribution in [0.4, 0.5) is 0 Å². The number of ether oxygens (including phenoxy) is 2. The normalized spacial score (nSPS) is 16.5. The zero-order valence-corrected chi connectivity index (χ0v) is 18.5. The fourth-order valence-corrected chi connectivity index (χ4v) is 3.11. The molecule has 2 aromatic rings. The van der Waals surface area contributed by atoms with Crippen LogP contribution in [0.25, 0.3) is 10.9 Å². The molecule has 1 aromatic carbocycles. The Kier molecular flexibility index (Phi) is 11.9. The number of amides is 1. The molecule has 1 atom stereocenters. The zero-order valence-electron chi connectivity index (χ0n) is 16.9. The molecule has 168 valence electrons. The first-order valence-electron chi connectivity index (χ1n) is 9.46. The van der Waals surface area contributed by atoms with Gasteiger partial charge in [0.25, 0.3) is 11.5 Å². The molecule has 1 fully saturated rings. The van der Waals surface area contributed by atoms with Gasteiger partial charge in [0.15, 0.2) is 0 Å². The van der Waals surface area contributed by atoms with E-state index in [4.69, 9.17) is 9.47 Å². The number of nitrogens with one attached hydrogen (secondary N) is 3. The lowest BCUT2D eigenvalue weighted by molar-refractivity contribution is -0.138. The summed E-state index contributed by atoms with van der Waals surface area (Å²) in [6.45, 7) is 4.65. The Morgan fingerprint density at radius 2 is 2.10 bits per heavy atom. The molecule has 1 aromatic heterocycles. The molecule has 0 spiro atoms. The molecule has 0 saturated carbocycles. The van der Waals surface area contributed by atoms with Crippen LogP contribution < -0.4 is 16.2 Å². The van der Waals surface area contributed by atoms with Crippen molar-refractivity contribution >= 4 is 41.6 Å². The van der Waals surface area contributed by atoms with Crippen LogP contribution in [0, 0.1) is 0 Å². The number of hydrogen-bond acceptors (Lipinski definition) is 7. The molecule has 11 heteroatoms. The summed E-state index contributed by atoms with van der Waals surface area (Å²) < 4.78 is 10.6. The Hall–Kier alpha value is -1.75. The number of aromatic nitrogens is 2. The number of aromatic amines is 1. The van der Waals surface area contributed by atoms with Crippen molar-refractivity contribution in [2.75, 3.05) is 53.0 Å². The highest BCUT2D eigenvalue weighted by molar-refractivity contribution is 5.85. The second-order valence-electron chi connectivity index (χ2n) is 6.66. The van der Waals surface area contributed by atoms with E-state index in [9.17, 15) is 9.59 Å². The fourth-order valence-electron chi connectivity index (χ4n) is 3.11. The Morgan fingerprint density at radius 1 is 1.30 bits per heavy atom. The van der Waals surface area contributed by atoms with Crippen LogP contribution in [0.1, 0.15) is 5.82 Å². The summed E-state index contributed by atoms with van der Waals surface area (Å²) in [4.78, 5) is 34.0. The van der Waals surface area contributed by atoms with Crippen molar-refractivity contribution in [2.24, 2.45) is 0 Å². The highest BCUT2D eigenvalue weighted by atomic mass is 35.5. The van der Waals surface area contributed by atoms with Gasteiger partial charge in [-0.3, -0.25) is 14.5 Å². The van der Waals surface area contributed by atoms with E-state index in [1.165, 1.54) is 0 Å². The zero-order chi connectivity index (χ0) is 19.8. The van der Waals surface area contributed by atoms with Crippen LogP contribution in [-0.2, 0) is 20.8 Å². The summed E-state index contributed by atoms with van der Waals surface area (Å²) in [6.07, 6.45) is -0.528. The van der Waals surface area contributed by atoms with Gasteiger partial charge < -0.3 is 25.1 Å². The van der Waals surface area contributed by atoms with E-state index < -0.39 is 6.10 Å². The molecule has 0 radical (unpaired) electrons. The lowest BCUT2D eigenvalue weighted by Gasteiger charge is -2.31. The third-order valence-electron chi connectivity index (χ3n) is 4.56. The predicted molar refractivity (Wildman–Crippen MR) is 120 cm³/mol. The highest BCUT2D eigenvalue weighted by Gasteiger charge is 2.26. The number of para-hydroxylation sites is 1. The van der Waals surface area contributed by atoms with Crippen molar-refractivity contribution in [3.8, 4) is 0 Å². The smallest absolute Gasteiger partial charge is 0.258 e. The standard InChI is InChI=1S/C19H27N5O4.2ClH/c1-27-10-8-20-6-7-21-19(26)16-12-24(9-11-28-16)13-17-22-15-5-3-2-4-14(15)18(25)23-17;;/h2-5,16,20H,6-13H2,1H3,(H,21,26)(H,22,23,25);2*1H. The molecule has 1 aliphatic rings. The van der Waals surface area contributed by atoms with Crippen LogP contribution in [0.3, 0.4) is 0 Å². The third-order valence-corrected chi connectivity index (χ3v) is 4.56. The number of fused-ring (bicyclic) bond motifs is 1. The Morgan fingerprint density at radius 3 is 2.90 bits per heavy atom. The quantitative estimate of drug-likeness (QED) is 0.461. The minimum Gasteiger partial charge on any atom is -0.383 e. The fraction of sp³-hybridized carbons (Fsp3) is 0.526. The molecule has 3 rings (SSSR count). The van der Waals surface area contributed by atoms with E-state index in [2.05, 4.69) is 25.5 Å². The van der Waals surface area contributed by atoms with Gasteiger partial charge in [-0.1, -0.05) is 12.1 Å². The molecule has 2 heterocycles. The van der Waals surface area contributed by atoms with Gasteiger partial charge >= 0.3 is 0 Å². The largest absolute Gasteiger partial charge is 0.383 e. The van der Waals surface area contributed by atoms with Crippen LogP contribution in [0.15, 0.2) is 29.1 Å². The van der Waals surface area contributed by atoms with Crippen molar-refractivity contribution in [3.05, 3.63) is 40.4 Å². The molecule has 1 saturated heterocycles. The number of hydrogen-bond donors (Lipinski definition) is 3. The number of halogens is 2. The Bertz CT molecular complexity index is 851. The number of morpholine rings is 1. The average Bonchev–Trinajstić information content (AvgIpc) is 2.71. The highest BCUT2D eigenvalue weighted by Crippen LogP contribution is 2.10. The van der Waals surface area contributed by atoms with Crippen LogP contribution >= 0.6 is 24.8 Å². The monoisotopic (exact) mass is 461 g/mol. The minimum absolute atomic E-state index is 0. The molecule has 30 heavy (non-hydrogen) atoms. The second-order valence-corrected chi connectivity index (χ2v) is 6.66. The van der Waals surface area contributed by atoms with Gasteiger partial charge in [0.05, 0.1) is 30.7 Å². The maximum atomic E-state index is 12.3. The Labute approximate surface area is 187 Å². The summed E-state index contributed by atoms with van der Waals surface area (Å²) in [5, 5.41) is 6.63. The lowest BCUT2D eigenvalue weighted by Crippen LogP contribution is -2.50. The number of benzene rings is 1. The number of carbonyl (C=O) groups excluding carboxylic acids is 1. The topological polar surface area (TPSA) is 109 Å². The molecule has 0 aliphatic carbocycles. The number of rotatable bonds is 9. The molecule has 0 bridgehead atoms. The van der Waals surface area contributed by atoms with E-state index in [0.717, 1.165) is 6.54 Å². The van der Waals surface area contributed by atoms with Crippen molar-refractivity contribution in [3.63, 3.8) is 0 Å². The first-order valence-corrected chi connectivity index (χ1v) is 9.46. The average molecular weight is 462 g/mol. The number of H-pyrrole nitrogens is 1. The molecule has 9 nitrogen and oxygen atoms in total. The molecule has 1 amide bonds. The Balaban J connectivity index is 0.00000225. The molecule has 3 N–H and O–H groups in total. The van der Waals surface area contributed by atoms with Crippen molar-refractivity contribution in [1.29, 1.82) is 0 Å². The van der Waals surface area contributed by atoms with Crippen LogP contribution in [0.2, 0.25) is 0 Å². The second kappa shape index (κ2) is 13.5. The first kappa shape index (κ1) is 26.3. The maximum Gasteiger partial charge on any atom is 0.258 e. The number of nitrogens with zero attached hydrogens (tertiary/aromatic N) is 2. The van der Waals surface area contributed by atoms with Crippen LogP contribution in [0.5, 0.6) is 0 Å². The van der Waals surface area contributed by atoms with Crippen molar-refractivity contribution in [1.82, 2.24) is 25.5 Å². The maximum absolute atomic E-state index is 12.3. The molecular weight excluding hydrogens is 433 g/mol. The molecule has 1 unspecified atom stereocenters. The predicted octanol–water partition coefficient (Wildman–Crippen LogP) is 0.320. The van der Waals surface area contributed by atoms with Gasteiger partial charge in [0.1, 0.15) is 11.9 Å². The minimum atomic E-state index is -0.528. The summed E-state index contributed by atoms with van der Waals surface area (Å²) in [6, 6.07) is 7.25. The van der Waals surface area contributed by atoms with E-state index >= 15 is 0 Å². The van der Waals surface area contributed by atoms with Gasteiger partial charge in [0.2, 0.25) is 0 Å². The van der Waals surface area contributed by atoms with E-state index in [-0.39, 0.29) is 36.3 Å². The van der Waals surface area contributed by atoms with Crippen molar-refractivity contribution in [2.45, 2.75) is 12.6 Å². The van der Waals surface area contributed by atoms with Gasteiger partial charge in [0, 0.05) is 39.8 Å². The van der Waals surface area contributed by atoms with Gasteiger partial charge in [-0.05, 0) is 12.1 Å². The number of carbonyl (C=O) groups is 1. The molecular formula is C19H29Cl2N5O4. The lowest BCUT2D eigenvalue weighted by atomic mass is 10.2. The summed E-state index contributed by atoms with van der Waals surface area (Å²) in [5.41, 5.74) is 0.522. The third kappa shape index (κ3) is 7.50. The summed E-state index contributed by atoms with van der Waals surface area (Å²) in [5.74, 6) is 0.463. The van der Waals surface area contributed by atoms with Gasteiger partial charge in [-0.25, -0.2) is 4.98 Å². The molecule has 1 aliphatic heterocycles. The summed E-state index contributed by atoms with van der Waals surface area (Å²) in [7, 11) is 1.65. The van der Waals surface area contributed by atoms with Crippen molar-refractivity contribution < 1.29 is 14.3 Å².